The lowest BCUT2D eigenvalue weighted by Gasteiger charge is -2.04. The lowest BCUT2D eigenvalue weighted by atomic mass is 10.3. The number of halogens is 1. The number of aromatic nitrogens is 2. The third-order valence-corrected chi connectivity index (χ3v) is 1.26. The summed E-state index contributed by atoms with van der Waals surface area (Å²) in [5.74, 6) is -1.01. The van der Waals surface area contributed by atoms with Crippen LogP contribution in [0.5, 0.6) is 0 Å². The van der Waals surface area contributed by atoms with E-state index in [0.29, 0.717) is 0 Å². The molecule has 0 aliphatic carbocycles. The van der Waals surface area contributed by atoms with Crippen LogP contribution >= 0.6 is 12.4 Å². The molecule has 0 saturated carbocycles. The molecule has 0 amide bonds. The van der Waals surface area contributed by atoms with Gasteiger partial charge in [-0.1, -0.05) is 0 Å². The van der Waals surface area contributed by atoms with Crippen LogP contribution in [-0.2, 0) is 11.3 Å². The van der Waals surface area contributed by atoms with Crippen LogP contribution in [-0.4, -0.2) is 26.9 Å². The predicted molar refractivity (Wildman–Crippen MR) is 45.1 cm³/mol. The van der Waals surface area contributed by atoms with Crippen molar-refractivity contribution in [1.82, 2.24) is 9.78 Å². The molecule has 0 saturated heterocycles. The number of hydrogen-bond acceptors (Lipinski definition) is 3. The molecule has 68 valence electrons. The maximum absolute atomic E-state index is 10.3. The fourth-order valence-electron chi connectivity index (χ4n) is 0.688. The number of rotatable bonds is 3. The summed E-state index contributed by atoms with van der Waals surface area (Å²) in [5, 5.41) is 12.2. The molecule has 3 N–H and O–H groups in total. The Bertz CT molecular complexity index is 237. The monoisotopic (exact) mass is 191 g/mol. The van der Waals surface area contributed by atoms with E-state index in [0.717, 1.165) is 0 Å². The smallest absolute Gasteiger partial charge is 0.322 e. The maximum atomic E-state index is 10.3. The second kappa shape index (κ2) is 4.74. The molecule has 0 spiro atoms. The van der Waals surface area contributed by atoms with Gasteiger partial charge in [0.2, 0.25) is 0 Å². The van der Waals surface area contributed by atoms with Crippen LogP contribution in [0.15, 0.2) is 18.5 Å². The highest BCUT2D eigenvalue weighted by atomic mass is 35.5. The molecule has 12 heavy (non-hydrogen) atoms. The van der Waals surface area contributed by atoms with Crippen molar-refractivity contribution in [2.45, 2.75) is 12.6 Å². The summed E-state index contributed by atoms with van der Waals surface area (Å²) < 4.78 is 1.48. The Balaban J connectivity index is 0.00000121. The molecule has 0 radical (unpaired) electrons. The topological polar surface area (TPSA) is 81.1 Å². The van der Waals surface area contributed by atoms with Gasteiger partial charge in [0, 0.05) is 12.4 Å². The molecular formula is C6H10ClN3O2. The van der Waals surface area contributed by atoms with E-state index in [-0.39, 0.29) is 19.0 Å². The zero-order valence-corrected chi connectivity index (χ0v) is 7.07. The van der Waals surface area contributed by atoms with Gasteiger partial charge in [-0.3, -0.25) is 9.48 Å². The Labute approximate surface area is 75.6 Å². The zero-order chi connectivity index (χ0) is 8.27. The standard InChI is InChI=1S/C6H9N3O2.ClH/c7-5(6(10)11)4-9-3-1-2-8-9;/h1-3,5H,4,7H2,(H,10,11);1H/t5-;/m0./s1. The molecule has 0 bridgehead atoms. The van der Waals surface area contributed by atoms with Crippen LogP contribution in [0.25, 0.3) is 0 Å². The van der Waals surface area contributed by atoms with Crippen LogP contribution in [0.2, 0.25) is 0 Å². The number of carboxylic acids is 1. The molecule has 6 heteroatoms. The van der Waals surface area contributed by atoms with Gasteiger partial charge in [-0.25, -0.2) is 0 Å². The SMILES string of the molecule is Cl.N[C@@H](Cn1cccn1)C(=O)O. The van der Waals surface area contributed by atoms with Crippen molar-refractivity contribution in [1.29, 1.82) is 0 Å². The Morgan fingerprint density at radius 1 is 1.75 bits per heavy atom. The first-order chi connectivity index (χ1) is 5.20. The molecule has 1 aromatic heterocycles. The zero-order valence-electron chi connectivity index (χ0n) is 6.25. The van der Waals surface area contributed by atoms with Crippen molar-refractivity contribution in [3.05, 3.63) is 18.5 Å². The Kier molecular flexibility index (Phi) is 4.31. The van der Waals surface area contributed by atoms with Gasteiger partial charge in [0.05, 0.1) is 6.54 Å². The second-order valence-electron chi connectivity index (χ2n) is 2.17. The molecule has 1 atom stereocenters. The second-order valence-corrected chi connectivity index (χ2v) is 2.17. The highest BCUT2D eigenvalue weighted by Crippen LogP contribution is 1.87. The van der Waals surface area contributed by atoms with Crippen molar-refractivity contribution in [3.63, 3.8) is 0 Å². The minimum Gasteiger partial charge on any atom is -0.480 e. The lowest BCUT2D eigenvalue weighted by molar-refractivity contribution is -0.138. The van der Waals surface area contributed by atoms with Crippen molar-refractivity contribution in [3.8, 4) is 0 Å². The fraction of sp³-hybridized carbons (Fsp3) is 0.333. The quantitative estimate of drug-likeness (QED) is 0.689. The summed E-state index contributed by atoms with van der Waals surface area (Å²) in [5.41, 5.74) is 5.25. The van der Waals surface area contributed by atoms with Gasteiger partial charge in [0.25, 0.3) is 0 Å². The van der Waals surface area contributed by atoms with Crippen molar-refractivity contribution >= 4 is 18.4 Å². The highest BCUT2D eigenvalue weighted by molar-refractivity contribution is 5.85. The van der Waals surface area contributed by atoms with Crippen LogP contribution in [0.4, 0.5) is 0 Å². The molecule has 0 aliphatic heterocycles. The van der Waals surface area contributed by atoms with Crippen LogP contribution < -0.4 is 5.73 Å². The minimum absolute atomic E-state index is 0. The number of aliphatic carboxylic acids is 1. The first-order valence-corrected chi connectivity index (χ1v) is 3.16. The van der Waals surface area contributed by atoms with E-state index < -0.39 is 12.0 Å². The van der Waals surface area contributed by atoms with E-state index in [2.05, 4.69) is 5.10 Å². The van der Waals surface area contributed by atoms with Gasteiger partial charge < -0.3 is 10.8 Å². The van der Waals surface area contributed by atoms with Gasteiger partial charge in [-0.15, -0.1) is 12.4 Å². The number of hydrogen-bond donors (Lipinski definition) is 2. The molecule has 0 aliphatic rings. The van der Waals surface area contributed by atoms with Gasteiger partial charge in [-0.2, -0.15) is 5.10 Å². The fourth-order valence-corrected chi connectivity index (χ4v) is 0.688. The van der Waals surface area contributed by atoms with E-state index in [1.807, 2.05) is 0 Å². The van der Waals surface area contributed by atoms with E-state index in [9.17, 15) is 4.79 Å². The Morgan fingerprint density at radius 3 is 2.83 bits per heavy atom. The summed E-state index contributed by atoms with van der Waals surface area (Å²) in [6.07, 6.45) is 3.25. The average Bonchev–Trinajstić information content (AvgIpc) is 2.39. The van der Waals surface area contributed by atoms with E-state index in [1.165, 1.54) is 4.68 Å². The van der Waals surface area contributed by atoms with Gasteiger partial charge in [0.1, 0.15) is 6.04 Å². The van der Waals surface area contributed by atoms with Crippen LogP contribution in [0.3, 0.4) is 0 Å². The van der Waals surface area contributed by atoms with E-state index in [1.54, 1.807) is 18.5 Å². The molecule has 1 heterocycles. The summed E-state index contributed by atoms with van der Waals surface area (Å²) in [7, 11) is 0. The Hall–Kier alpha value is -1.07. The normalized spacial score (nSPS) is 11.8. The summed E-state index contributed by atoms with van der Waals surface area (Å²) >= 11 is 0. The molecule has 1 aromatic rings. The van der Waals surface area contributed by atoms with Gasteiger partial charge in [0.15, 0.2) is 0 Å². The molecular weight excluding hydrogens is 182 g/mol. The number of nitrogens with zero attached hydrogens (tertiary/aromatic N) is 2. The highest BCUT2D eigenvalue weighted by Gasteiger charge is 2.11. The molecule has 5 nitrogen and oxygen atoms in total. The summed E-state index contributed by atoms with van der Waals surface area (Å²) in [6.45, 7) is 0.211. The number of carbonyl (C=O) groups is 1. The van der Waals surface area contributed by atoms with Crippen LogP contribution in [0, 0.1) is 0 Å². The molecule has 1 rings (SSSR count). The average molecular weight is 192 g/mol. The van der Waals surface area contributed by atoms with Crippen LogP contribution in [0.1, 0.15) is 0 Å². The van der Waals surface area contributed by atoms with Gasteiger partial charge >= 0.3 is 5.97 Å². The number of carboxylic acid groups (broad SMARTS) is 1. The molecule has 0 aromatic carbocycles. The summed E-state index contributed by atoms with van der Waals surface area (Å²) in [6, 6.07) is 0.837. The minimum atomic E-state index is -1.01. The van der Waals surface area contributed by atoms with Crippen molar-refractivity contribution in [2.75, 3.05) is 0 Å². The van der Waals surface area contributed by atoms with Gasteiger partial charge in [-0.05, 0) is 6.07 Å². The van der Waals surface area contributed by atoms with Crippen molar-refractivity contribution < 1.29 is 9.90 Å². The van der Waals surface area contributed by atoms with Crippen molar-refractivity contribution in [2.24, 2.45) is 5.73 Å². The number of nitrogens with two attached hydrogens (primary N) is 1. The molecule has 0 unspecified atom stereocenters. The molecule has 0 fully saturated rings. The first-order valence-electron chi connectivity index (χ1n) is 3.16. The maximum Gasteiger partial charge on any atom is 0.322 e. The first kappa shape index (κ1) is 10.9. The lowest BCUT2D eigenvalue weighted by Crippen LogP contribution is -2.34. The predicted octanol–water partition coefficient (Wildman–Crippen LogP) is -0.283. The van der Waals surface area contributed by atoms with E-state index >= 15 is 0 Å². The third kappa shape index (κ3) is 2.89. The third-order valence-electron chi connectivity index (χ3n) is 1.26. The largest absolute Gasteiger partial charge is 0.480 e. The summed E-state index contributed by atoms with van der Waals surface area (Å²) in [4.78, 5) is 10.3. The Morgan fingerprint density at radius 2 is 2.42 bits per heavy atom. The van der Waals surface area contributed by atoms with E-state index in [4.69, 9.17) is 10.8 Å².